The molecule has 0 amide bonds. The minimum atomic E-state index is 0.762. The number of hydrogen-bond donors (Lipinski definition) is 0. The van der Waals surface area contributed by atoms with Gasteiger partial charge in [-0.2, -0.15) is 5.26 Å². The van der Waals surface area contributed by atoms with Crippen molar-refractivity contribution in [3.05, 3.63) is 77.9 Å². The summed E-state index contributed by atoms with van der Waals surface area (Å²) in [7, 11) is 0. The van der Waals surface area contributed by atoms with Crippen molar-refractivity contribution in [1.82, 2.24) is 4.40 Å². The molecular formula is C22H14N2. The minimum Gasteiger partial charge on any atom is -0.307 e. The number of benzene rings is 2. The second-order valence-electron chi connectivity index (χ2n) is 6.21. The zero-order valence-corrected chi connectivity index (χ0v) is 13.2. The number of aromatic nitrogens is 1. The molecule has 0 unspecified atom stereocenters. The van der Waals surface area contributed by atoms with Crippen LogP contribution in [0.15, 0.2) is 66.7 Å². The van der Waals surface area contributed by atoms with Crippen molar-refractivity contribution in [3.63, 3.8) is 0 Å². The molecule has 2 nitrogen and oxygen atoms in total. The van der Waals surface area contributed by atoms with Gasteiger partial charge in [0.2, 0.25) is 0 Å². The molecule has 0 N–H and O–H groups in total. The van der Waals surface area contributed by atoms with Crippen LogP contribution in [0.4, 0.5) is 0 Å². The van der Waals surface area contributed by atoms with Crippen molar-refractivity contribution in [2.24, 2.45) is 0 Å². The highest BCUT2D eigenvalue weighted by Crippen LogP contribution is 2.42. The van der Waals surface area contributed by atoms with E-state index in [1.807, 2.05) is 24.3 Å². The fourth-order valence-corrected chi connectivity index (χ4v) is 3.93. The van der Waals surface area contributed by atoms with Gasteiger partial charge in [0.25, 0.3) is 0 Å². The molecule has 5 aromatic rings. The monoisotopic (exact) mass is 306 g/mol. The summed E-state index contributed by atoms with van der Waals surface area (Å²) in [5.74, 6) is 0. The summed E-state index contributed by atoms with van der Waals surface area (Å²) in [5.41, 5.74) is 7.45. The van der Waals surface area contributed by atoms with Crippen LogP contribution < -0.4 is 0 Å². The van der Waals surface area contributed by atoms with Gasteiger partial charge >= 0.3 is 0 Å². The first-order chi connectivity index (χ1) is 11.8. The van der Waals surface area contributed by atoms with Crippen molar-refractivity contribution >= 4 is 27.3 Å². The molecule has 3 heterocycles. The first kappa shape index (κ1) is 13.2. The molecule has 24 heavy (non-hydrogen) atoms. The fraction of sp³-hybridized carbons (Fsp3) is 0.0455. The van der Waals surface area contributed by atoms with Gasteiger partial charge in [0.05, 0.1) is 22.1 Å². The summed E-state index contributed by atoms with van der Waals surface area (Å²) in [4.78, 5) is 0. The van der Waals surface area contributed by atoms with E-state index in [-0.39, 0.29) is 0 Å². The molecule has 0 aliphatic heterocycles. The topological polar surface area (TPSA) is 28.2 Å². The third kappa shape index (κ3) is 1.49. The largest absolute Gasteiger partial charge is 0.307 e. The molecule has 0 aliphatic carbocycles. The Morgan fingerprint density at radius 3 is 2.17 bits per heavy atom. The van der Waals surface area contributed by atoms with E-state index in [1.54, 1.807) is 0 Å². The SMILES string of the molecule is Cc1ccc2c(-c3ccccc3)c(C#N)c3c4ccccc4c1n23. The van der Waals surface area contributed by atoms with Crippen molar-refractivity contribution in [2.45, 2.75) is 6.92 Å². The summed E-state index contributed by atoms with van der Waals surface area (Å²) < 4.78 is 2.26. The minimum absolute atomic E-state index is 0.762. The van der Waals surface area contributed by atoms with Gasteiger partial charge in [0.1, 0.15) is 6.07 Å². The van der Waals surface area contributed by atoms with E-state index in [1.165, 1.54) is 16.5 Å². The maximum atomic E-state index is 9.95. The Balaban J connectivity index is 2.12. The number of nitrogens with zero attached hydrogens (tertiary/aromatic N) is 2. The fourth-order valence-electron chi connectivity index (χ4n) is 3.93. The molecule has 0 radical (unpaired) electrons. The lowest BCUT2D eigenvalue weighted by Crippen LogP contribution is -1.86. The number of fused-ring (bicyclic) bond motifs is 3. The highest BCUT2D eigenvalue weighted by Gasteiger charge is 2.23. The second kappa shape index (κ2) is 4.59. The molecule has 2 heteroatoms. The van der Waals surface area contributed by atoms with E-state index in [4.69, 9.17) is 0 Å². The summed E-state index contributed by atoms with van der Waals surface area (Å²) in [6, 6.07) is 25.3. The van der Waals surface area contributed by atoms with Crippen LogP contribution in [0, 0.1) is 18.3 Å². The number of nitriles is 1. The van der Waals surface area contributed by atoms with E-state index in [0.29, 0.717) is 0 Å². The molecule has 0 atom stereocenters. The molecule has 5 rings (SSSR count). The Hall–Kier alpha value is -3.31. The van der Waals surface area contributed by atoms with Gasteiger partial charge in [0.15, 0.2) is 0 Å². The number of hydrogen-bond acceptors (Lipinski definition) is 1. The molecule has 0 aliphatic rings. The Labute approximate surface area is 139 Å². The highest BCUT2D eigenvalue weighted by molar-refractivity contribution is 6.16. The molecule has 0 bridgehead atoms. The van der Waals surface area contributed by atoms with Crippen LogP contribution in [0.2, 0.25) is 0 Å². The Kier molecular flexibility index (Phi) is 2.52. The van der Waals surface area contributed by atoms with Gasteiger partial charge in [-0.25, -0.2) is 0 Å². The Morgan fingerprint density at radius 2 is 1.46 bits per heavy atom. The highest BCUT2D eigenvalue weighted by atomic mass is 14.9. The lowest BCUT2D eigenvalue weighted by molar-refractivity contribution is 1.31. The number of pyridine rings is 1. The maximum absolute atomic E-state index is 9.95. The van der Waals surface area contributed by atoms with Crippen LogP contribution in [0.1, 0.15) is 11.1 Å². The predicted octanol–water partition coefficient (Wildman–Crippen LogP) is 5.53. The van der Waals surface area contributed by atoms with Crippen molar-refractivity contribution in [3.8, 4) is 17.2 Å². The number of aryl methyl sites for hydroxylation is 1. The van der Waals surface area contributed by atoms with Crippen LogP contribution in [0.3, 0.4) is 0 Å². The second-order valence-corrected chi connectivity index (χ2v) is 6.21. The molecule has 0 saturated carbocycles. The zero-order valence-electron chi connectivity index (χ0n) is 13.2. The van der Waals surface area contributed by atoms with Gasteiger partial charge in [-0.05, 0) is 24.1 Å². The van der Waals surface area contributed by atoms with Crippen LogP contribution >= 0.6 is 0 Å². The van der Waals surface area contributed by atoms with Gasteiger partial charge < -0.3 is 4.40 Å². The van der Waals surface area contributed by atoms with E-state index in [9.17, 15) is 5.26 Å². The van der Waals surface area contributed by atoms with Gasteiger partial charge in [-0.1, -0.05) is 60.7 Å². The van der Waals surface area contributed by atoms with Crippen molar-refractivity contribution in [2.75, 3.05) is 0 Å². The predicted molar refractivity (Wildman–Crippen MR) is 98.5 cm³/mol. The smallest absolute Gasteiger partial charge is 0.102 e. The summed E-state index contributed by atoms with van der Waals surface area (Å²) >= 11 is 0. The van der Waals surface area contributed by atoms with E-state index < -0.39 is 0 Å². The van der Waals surface area contributed by atoms with Crippen LogP contribution in [0.5, 0.6) is 0 Å². The van der Waals surface area contributed by atoms with Crippen LogP contribution in [-0.4, -0.2) is 4.40 Å². The van der Waals surface area contributed by atoms with E-state index in [2.05, 4.69) is 59.9 Å². The average molecular weight is 306 g/mol. The zero-order chi connectivity index (χ0) is 16.3. The Bertz CT molecular complexity index is 1250. The summed E-state index contributed by atoms with van der Waals surface area (Å²) in [6.07, 6.45) is 0. The lowest BCUT2D eigenvalue weighted by atomic mass is 10.00. The van der Waals surface area contributed by atoms with Crippen LogP contribution in [-0.2, 0) is 0 Å². The van der Waals surface area contributed by atoms with E-state index in [0.717, 1.165) is 33.1 Å². The first-order valence-corrected chi connectivity index (χ1v) is 8.04. The molecule has 0 fully saturated rings. The molecular weight excluding hydrogens is 292 g/mol. The molecule has 112 valence electrons. The van der Waals surface area contributed by atoms with Crippen LogP contribution in [0.25, 0.3) is 38.4 Å². The standard InChI is InChI=1S/C22H14N2/c1-14-11-12-19-20(15-7-3-2-4-8-15)18(13-23)22-17-10-6-5-9-16(17)21(14)24(19)22/h2-12H,1H3. The van der Waals surface area contributed by atoms with Gasteiger partial charge in [-0.3, -0.25) is 0 Å². The van der Waals surface area contributed by atoms with Crippen molar-refractivity contribution in [1.29, 1.82) is 5.26 Å². The molecule has 0 saturated heterocycles. The van der Waals surface area contributed by atoms with Crippen molar-refractivity contribution < 1.29 is 0 Å². The summed E-state index contributed by atoms with van der Waals surface area (Å²) in [5, 5.41) is 12.3. The first-order valence-electron chi connectivity index (χ1n) is 8.04. The normalized spacial score (nSPS) is 11.5. The summed E-state index contributed by atoms with van der Waals surface area (Å²) in [6.45, 7) is 2.13. The Morgan fingerprint density at radius 1 is 0.792 bits per heavy atom. The molecule has 2 aromatic carbocycles. The molecule has 3 aromatic heterocycles. The quantitative estimate of drug-likeness (QED) is 0.400. The number of rotatable bonds is 1. The van der Waals surface area contributed by atoms with Gasteiger partial charge in [0, 0.05) is 16.3 Å². The average Bonchev–Trinajstić information content (AvgIpc) is 3.14. The molecule has 0 spiro atoms. The maximum Gasteiger partial charge on any atom is 0.102 e. The third-order valence-electron chi connectivity index (χ3n) is 4.91. The lowest BCUT2D eigenvalue weighted by Gasteiger charge is -2.05. The van der Waals surface area contributed by atoms with E-state index >= 15 is 0 Å². The third-order valence-corrected chi connectivity index (χ3v) is 4.91. The van der Waals surface area contributed by atoms with Gasteiger partial charge in [-0.15, -0.1) is 0 Å².